The number of nitrogens with two attached hydrogens (primary N) is 1. The summed E-state index contributed by atoms with van der Waals surface area (Å²) in [4.78, 5) is 25.3. The molecular weight excluding hydrogens is 266 g/mol. The molecule has 2 atom stereocenters. The molecule has 1 fully saturated rings. The molecule has 1 aliphatic carbocycles. The number of carbonyl (C=O) groups excluding carboxylic acids is 2. The van der Waals surface area contributed by atoms with Crippen LogP contribution in [0.1, 0.15) is 31.7 Å². The third kappa shape index (κ3) is 4.04. The Bertz CT molecular complexity index is 530. The van der Waals surface area contributed by atoms with Crippen LogP contribution in [0, 0.1) is 5.92 Å². The first-order chi connectivity index (χ1) is 9.97. The third-order valence-electron chi connectivity index (χ3n) is 4.06. The molecule has 5 nitrogen and oxygen atoms in total. The van der Waals surface area contributed by atoms with Crippen LogP contribution < -0.4 is 11.1 Å². The Morgan fingerprint density at radius 1 is 1.33 bits per heavy atom. The van der Waals surface area contributed by atoms with E-state index in [2.05, 4.69) is 5.32 Å². The van der Waals surface area contributed by atoms with Crippen molar-refractivity contribution in [1.82, 2.24) is 4.90 Å². The van der Waals surface area contributed by atoms with Crippen molar-refractivity contribution in [3.63, 3.8) is 0 Å². The second kappa shape index (κ2) is 6.72. The molecule has 21 heavy (non-hydrogen) atoms. The second-order valence-electron chi connectivity index (χ2n) is 5.79. The Kier molecular flexibility index (Phi) is 4.96. The zero-order valence-electron chi connectivity index (χ0n) is 12.6. The molecule has 0 aliphatic heterocycles. The summed E-state index contributed by atoms with van der Waals surface area (Å²) in [7, 11) is 1.75. The van der Waals surface area contributed by atoms with Crippen molar-refractivity contribution >= 4 is 17.5 Å². The van der Waals surface area contributed by atoms with Crippen LogP contribution in [0.25, 0.3) is 0 Å². The minimum absolute atomic E-state index is 0.00130. The lowest BCUT2D eigenvalue weighted by molar-refractivity contribution is -0.128. The monoisotopic (exact) mass is 289 g/mol. The quantitative estimate of drug-likeness (QED) is 0.886. The van der Waals surface area contributed by atoms with Gasteiger partial charge in [0.2, 0.25) is 11.8 Å². The van der Waals surface area contributed by atoms with Gasteiger partial charge in [0.15, 0.2) is 0 Å². The average molecular weight is 289 g/mol. The van der Waals surface area contributed by atoms with Crippen molar-refractivity contribution in [2.75, 3.05) is 12.4 Å². The highest BCUT2D eigenvalue weighted by molar-refractivity contribution is 5.93. The molecule has 1 aromatic rings. The SMILES string of the molecule is CC(=O)N(C)Cc1ccccc1NC(=O)C1CCC(N)C1. The molecule has 2 rings (SSSR count). The number of nitrogens with zero attached hydrogens (tertiary/aromatic N) is 1. The summed E-state index contributed by atoms with van der Waals surface area (Å²) in [6.45, 7) is 2.01. The number of para-hydroxylation sites is 1. The highest BCUT2D eigenvalue weighted by Crippen LogP contribution is 2.26. The molecule has 1 aromatic carbocycles. The molecule has 3 N–H and O–H groups in total. The first-order valence-electron chi connectivity index (χ1n) is 7.33. The standard InChI is InChI=1S/C16H23N3O2/c1-11(20)19(2)10-13-5-3-4-6-15(13)18-16(21)12-7-8-14(17)9-12/h3-6,12,14H,7-10,17H2,1-2H3,(H,18,21). The number of hydrogen-bond donors (Lipinski definition) is 2. The van der Waals surface area contributed by atoms with E-state index >= 15 is 0 Å². The first-order valence-corrected chi connectivity index (χ1v) is 7.33. The fourth-order valence-corrected chi connectivity index (χ4v) is 2.64. The maximum atomic E-state index is 12.3. The summed E-state index contributed by atoms with van der Waals surface area (Å²) < 4.78 is 0. The van der Waals surface area contributed by atoms with Gasteiger partial charge in [-0.15, -0.1) is 0 Å². The predicted octanol–water partition coefficient (Wildman–Crippen LogP) is 1.73. The van der Waals surface area contributed by atoms with E-state index in [1.807, 2.05) is 24.3 Å². The fraction of sp³-hybridized carbons (Fsp3) is 0.500. The van der Waals surface area contributed by atoms with Crippen LogP contribution in [0.2, 0.25) is 0 Å². The van der Waals surface area contributed by atoms with E-state index in [9.17, 15) is 9.59 Å². The summed E-state index contributed by atoms with van der Waals surface area (Å²) in [6, 6.07) is 7.73. The van der Waals surface area contributed by atoms with Gasteiger partial charge in [-0.2, -0.15) is 0 Å². The van der Waals surface area contributed by atoms with Gasteiger partial charge in [-0.05, 0) is 30.9 Å². The number of benzene rings is 1. The molecule has 0 heterocycles. The fourth-order valence-electron chi connectivity index (χ4n) is 2.64. The Labute approximate surface area is 125 Å². The third-order valence-corrected chi connectivity index (χ3v) is 4.06. The van der Waals surface area contributed by atoms with E-state index in [0.29, 0.717) is 6.54 Å². The van der Waals surface area contributed by atoms with Gasteiger partial charge in [0, 0.05) is 38.2 Å². The van der Waals surface area contributed by atoms with E-state index in [1.165, 1.54) is 6.92 Å². The number of amides is 2. The highest BCUT2D eigenvalue weighted by atomic mass is 16.2. The van der Waals surface area contributed by atoms with Crippen LogP contribution in [-0.4, -0.2) is 29.8 Å². The summed E-state index contributed by atoms with van der Waals surface area (Å²) in [6.07, 6.45) is 2.51. The van der Waals surface area contributed by atoms with Crippen LogP contribution in [0.4, 0.5) is 5.69 Å². The Hall–Kier alpha value is -1.88. The minimum atomic E-state index is -0.00195. The van der Waals surface area contributed by atoms with E-state index < -0.39 is 0 Å². The molecule has 0 radical (unpaired) electrons. The van der Waals surface area contributed by atoms with Gasteiger partial charge in [0.25, 0.3) is 0 Å². The van der Waals surface area contributed by atoms with E-state index in [0.717, 1.165) is 30.5 Å². The molecule has 1 aliphatic rings. The van der Waals surface area contributed by atoms with Crippen molar-refractivity contribution in [2.24, 2.45) is 11.7 Å². The first kappa shape index (κ1) is 15.5. The minimum Gasteiger partial charge on any atom is -0.342 e. The van der Waals surface area contributed by atoms with E-state index in [4.69, 9.17) is 5.73 Å². The van der Waals surface area contributed by atoms with E-state index in [1.54, 1.807) is 11.9 Å². The predicted molar refractivity (Wildman–Crippen MR) is 82.5 cm³/mol. The van der Waals surface area contributed by atoms with Gasteiger partial charge in [-0.1, -0.05) is 18.2 Å². The molecular formula is C16H23N3O2. The van der Waals surface area contributed by atoms with Crippen LogP contribution in [-0.2, 0) is 16.1 Å². The van der Waals surface area contributed by atoms with Gasteiger partial charge < -0.3 is 16.0 Å². The van der Waals surface area contributed by atoms with E-state index in [-0.39, 0.29) is 23.8 Å². The zero-order valence-corrected chi connectivity index (χ0v) is 12.6. The number of carbonyl (C=O) groups is 2. The normalized spacial score (nSPS) is 21.1. The number of rotatable bonds is 4. The Balaban J connectivity index is 2.06. The molecule has 2 unspecified atom stereocenters. The summed E-state index contributed by atoms with van der Waals surface area (Å²) >= 11 is 0. The van der Waals surface area contributed by atoms with Crippen molar-refractivity contribution in [1.29, 1.82) is 0 Å². The number of anilines is 1. The topological polar surface area (TPSA) is 75.4 Å². The average Bonchev–Trinajstić information content (AvgIpc) is 2.87. The number of nitrogens with one attached hydrogen (secondary N) is 1. The lowest BCUT2D eigenvalue weighted by Crippen LogP contribution is -2.26. The van der Waals surface area contributed by atoms with Crippen LogP contribution in [0.5, 0.6) is 0 Å². The molecule has 2 amide bonds. The van der Waals surface area contributed by atoms with Crippen LogP contribution in [0.15, 0.2) is 24.3 Å². The van der Waals surface area contributed by atoms with Crippen LogP contribution in [0.3, 0.4) is 0 Å². The largest absolute Gasteiger partial charge is 0.342 e. The second-order valence-corrected chi connectivity index (χ2v) is 5.79. The maximum Gasteiger partial charge on any atom is 0.227 e. The molecule has 0 aromatic heterocycles. The van der Waals surface area contributed by atoms with Gasteiger partial charge in [0.05, 0.1) is 0 Å². The Morgan fingerprint density at radius 3 is 2.67 bits per heavy atom. The molecule has 0 bridgehead atoms. The molecule has 0 saturated heterocycles. The molecule has 114 valence electrons. The van der Waals surface area contributed by atoms with Crippen molar-refractivity contribution in [3.8, 4) is 0 Å². The lowest BCUT2D eigenvalue weighted by Gasteiger charge is -2.19. The lowest BCUT2D eigenvalue weighted by atomic mass is 10.1. The maximum absolute atomic E-state index is 12.3. The van der Waals surface area contributed by atoms with Gasteiger partial charge >= 0.3 is 0 Å². The van der Waals surface area contributed by atoms with Gasteiger partial charge in [0.1, 0.15) is 0 Å². The number of hydrogen-bond acceptors (Lipinski definition) is 3. The van der Waals surface area contributed by atoms with Gasteiger partial charge in [-0.25, -0.2) is 0 Å². The molecule has 1 saturated carbocycles. The van der Waals surface area contributed by atoms with Crippen molar-refractivity contribution in [3.05, 3.63) is 29.8 Å². The summed E-state index contributed by atoms with van der Waals surface area (Å²) in [5, 5.41) is 2.98. The van der Waals surface area contributed by atoms with Crippen molar-refractivity contribution in [2.45, 2.75) is 38.8 Å². The summed E-state index contributed by atoms with van der Waals surface area (Å²) in [5.74, 6) is 0.0253. The molecule has 5 heteroatoms. The van der Waals surface area contributed by atoms with Crippen LogP contribution >= 0.6 is 0 Å². The smallest absolute Gasteiger partial charge is 0.227 e. The zero-order chi connectivity index (χ0) is 15.4. The highest BCUT2D eigenvalue weighted by Gasteiger charge is 2.28. The van der Waals surface area contributed by atoms with Gasteiger partial charge in [-0.3, -0.25) is 9.59 Å². The molecule has 0 spiro atoms. The Morgan fingerprint density at radius 2 is 2.05 bits per heavy atom. The summed E-state index contributed by atoms with van der Waals surface area (Å²) in [5.41, 5.74) is 7.57. The van der Waals surface area contributed by atoms with Crippen molar-refractivity contribution < 1.29 is 9.59 Å².